The van der Waals surface area contributed by atoms with Gasteiger partial charge in [0.2, 0.25) is 5.91 Å². The summed E-state index contributed by atoms with van der Waals surface area (Å²) in [7, 11) is 0. The highest BCUT2D eigenvalue weighted by Gasteiger charge is 2.32. The van der Waals surface area contributed by atoms with E-state index in [0.717, 1.165) is 19.3 Å². The molecule has 0 unspecified atom stereocenters. The fourth-order valence-corrected chi connectivity index (χ4v) is 1.95. The first-order valence-corrected chi connectivity index (χ1v) is 5.22. The molecule has 0 aromatic heterocycles. The molecule has 0 aromatic rings. The number of carbonyl (C=O) groups is 1. The summed E-state index contributed by atoms with van der Waals surface area (Å²) in [6, 6.07) is -0.141. The van der Waals surface area contributed by atoms with Crippen molar-refractivity contribution in [2.24, 2.45) is 0 Å². The molecule has 1 amide bonds. The van der Waals surface area contributed by atoms with Gasteiger partial charge < -0.3 is 15.2 Å². The lowest BCUT2D eigenvalue weighted by Crippen LogP contribution is -2.51. The zero-order chi connectivity index (χ0) is 10.6. The minimum absolute atomic E-state index is 0.0915. The second-order valence-corrected chi connectivity index (χ2v) is 3.72. The second-order valence-electron chi connectivity index (χ2n) is 3.72. The van der Waals surface area contributed by atoms with Gasteiger partial charge in [-0.2, -0.15) is 0 Å². The molecule has 2 N–H and O–H groups in total. The normalized spacial score (nSPS) is 32.6. The van der Waals surface area contributed by atoms with Crippen LogP contribution in [0.3, 0.4) is 0 Å². The Morgan fingerprint density at radius 3 is 2.86 bits per heavy atom. The summed E-state index contributed by atoms with van der Waals surface area (Å²) < 4.78 is 5.41. The number of ether oxygens (including phenoxy) is 1. The number of rotatable bonds is 3. The Kier molecular flexibility index (Phi) is 4.35. The molecule has 1 fully saturated rings. The Morgan fingerprint density at radius 1 is 1.57 bits per heavy atom. The van der Waals surface area contributed by atoms with Crippen LogP contribution in [0.15, 0.2) is 0 Å². The number of hydrogen-bond acceptors (Lipinski definition) is 3. The second kappa shape index (κ2) is 5.32. The minimum atomic E-state index is -0.562. The van der Waals surface area contributed by atoms with E-state index in [9.17, 15) is 9.90 Å². The van der Waals surface area contributed by atoms with E-state index in [0.29, 0.717) is 6.61 Å². The maximum Gasteiger partial charge on any atom is 0.217 e. The molecule has 1 saturated carbocycles. The maximum atomic E-state index is 10.9. The molecule has 4 nitrogen and oxygen atoms in total. The molecule has 0 saturated heterocycles. The van der Waals surface area contributed by atoms with E-state index in [1.165, 1.54) is 6.92 Å². The fraction of sp³-hybridized carbons (Fsp3) is 0.900. The molecule has 1 aliphatic carbocycles. The van der Waals surface area contributed by atoms with E-state index in [1.54, 1.807) is 0 Å². The Labute approximate surface area is 84.6 Å². The Morgan fingerprint density at radius 2 is 2.29 bits per heavy atom. The SMILES string of the molecule is CCO[C@@H]1CCC[C@@H](NC(C)=O)[C@H]1O. The van der Waals surface area contributed by atoms with E-state index >= 15 is 0 Å². The summed E-state index contributed by atoms with van der Waals surface area (Å²) in [5.41, 5.74) is 0. The molecule has 1 rings (SSSR count). The average Bonchev–Trinajstić information content (AvgIpc) is 2.11. The predicted molar refractivity (Wildman–Crippen MR) is 52.9 cm³/mol. The van der Waals surface area contributed by atoms with Crippen LogP contribution in [0.25, 0.3) is 0 Å². The summed E-state index contributed by atoms with van der Waals surface area (Å²) in [5, 5.41) is 12.6. The van der Waals surface area contributed by atoms with Gasteiger partial charge in [0.05, 0.1) is 12.1 Å². The van der Waals surface area contributed by atoms with Gasteiger partial charge in [-0.3, -0.25) is 4.79 Å². The van der Waals surface area contributed by atoms with E-state index in [2.05, 4.69) is 5.32 Å². The molecule has 82 valence electrons. The lowest BCUT2D eigenvalue weighted by molar-refractivity contribution is -0.123. The van der Waals surface area contributed by atoms with Crippen LogP contribution in [0.2, 0.25) is 0 Å². The van der Waals surface area contributed by atoms with Crippen LogP contribution < -0.4 is 5.32 Å². The van der Waals surface area contributed by atoms with Crippen molar-refractivity contribution in [1.82, 2.24) is 5.32 Å². The third-order valence-electron chi connectivity index (χ3n) is 2.57. The highest BCUT2D eigenvalue weighted by molar-refractivity contribution is 5.73. The van der Waals surface area contributed by atoms with Crippen molar-refractivity contribution in [3.05, 3.63) is 0 Å². The van der Waals surface area contributed by atoms with Gasteiger partial charge in [-0.15, -0.1) is 0 Å². The van der Waals surface area contributed by atoms with Crippen LogP contribution in [0.1, 0.15) is 33.1 Å². The van der Waals surface area contributed by atoms with E-state index < -0.39 is 6.10 Å². The third kappa shape index (κ3) is 2.96. The molecule has 0 aliphatic heterocycles. The lowest BCUT2D eigenvalue weighted by Gasteiger charge is -2.34. The molecule has 0 radical (unpaired) electrons. The van der Waals surface area contributed by atoms with Crippen molar-refractivity contribution in [2.45, 2.75) is 51.4 Å². The van der Waals surface area contributed by atoms with Gasteiger partial charge in [0.1, 0.15) is 6.10 Å². The summed E-state index contributed by atoms with van der Waals surface area (Å²) in [6.45, 7) is 3.99. The van der Waals surface area contributed by atoms with Crippen molar-refractivity contribution in [3.63, 3.8) is 0 Å². The molecular formula is C10H19NO3. The van der Waals surface area contributed by atoms with E-state index in [4.69, 9.17) is 4.74 Å². The maximum absolute atomic E-state index is 10.9. The lowest BCUT2D eigenvalue weighted by atomic mass is 9.90. The van der Waals surface area contributed by atoms with Gasteiger partial charge >= 0.3 is 0 Å². The van der Waals surface area contributed by atoms with Crippen molar-refractivity contribution >= 4 is 5.91 Å². The van der Waals surface area contributed by atoms with Crippen LogP contribution in [0, 0.1) is 0 Å². The van der Waals surface area contributed by atoms with Crippen molar-refractivity contribution in [2.75, 3.05) is 6.61 Å². The molecule has 1 aliphatic rings. The Bertz CT molecular complexity index is 194. The van der Waals surface area contributed by atoms with Gasteiger partial charge in [-0.05, 0) is 26.2 Å². The number of carbonyl (C=O) groups excluding carboxylic acids is 1. The number of hydrogen-bond donors (Lipinski definition) is 2. The van der Waals surface area contributed by atoms with Crippen molar-refractivity contribution in [1.29, 1.82) is 0 Å². The standard InChI is InChI=1S/C10H19NO3/c1-3-14-9-6-4-5-8(10(9)13)11-7(2)12/h8-10,13H,3-6H2,1-2H3,(H,11,12)/t8-,9-,10-/m1/s1. The van der Waals surface area contributed by atoms with Crippen LogP contribution >= 0.6 is 0 Å². The third-order valence-corrected chi connectivity index (χ3v) is 2.57. The zero-order valence-corrected chi connectivity index (χ0v) is 8.82. The van der Waals surface area contributed by atoms with Gasteiger partial charge in [0, 0.05) is 13.5 Å². The van der Waals surface area contributed by atoms with E-state index in [-0.39, 0.29) is 18.1 Å². The van der Waals surface area contributed by atoms with Crippen LogP contribution in [-0.4, -0.2) is 35.9 Å². The van der Waals surface area contributed by atoms with E-state index in [1.807, 2.05) is 6.92 Å². The number of aliphatic hydroxyl groups is 1. The van der Waals surface area contributed by atoms with Crippen LogP contribution in [-0.2, 0) is 9.53 Å². The van der Waals surface area contributed by atoms with Gasteiger partial charge in [0.15, 0.2) is 0 Å². The smallest absolute Gasteiger partial charge is 0.217 e. The number of amides is 1. The predicted octanol–water partition coefficient (Wildman–Crippen LogP) is 0.441. The quantitative estimate of drug-likeness (QED) is 0.696. The van der Waals surface area contributed by atoms with Crippen molar-refractivity contribution in [3.8, 4) is 0 Å². The average molecular weight is 201 g/mol. The molecular weight excluding hydrogens is 182 g/mol. The van der Waals surface area contributed by atoms with Crippen LogP contribution in [0.5, 0.6) is 0 Å². The molecule has 4 heteroatoms. The zero-order valence-electron chi connectivity index (χ0n) is 8.82. The molecule has 0 spiro atoms. The summed E-state index contributed by atoms with van der Waals surface area (Å²) in [5.74, 6) is -0.0915. The highest BCUT2D eigenvalue weighted by Crippen LogP contribution is 2.21. The first-order chi connectivity index (χ1) is 6.65. The first kappa shape index (κ1) is 11.5. The summed E-state index contributed by atoms with van der Waals surface area (Å²) >= 11 is 0. The largest absolute Gasteiger partial charge is 0.388 e. The Hall–Kier alpha value is -0.610. The summed E-state index contributed by atoms with van der Waals surface area (Å²) in [6.07, 6.45) is 2.03. The van der Waals surface area contributed by atoms with Gasteiger partial charge in [0.25, 0.3) is 0 Å². The number of nitrogens with one attached hydrogen (secondary N) is 1. The van der Waals surface area contributed by atoms with Gasteiger partial charge in [-0.25, -0.2) is 0 Å². The van der Waals surface area contributed by atoms with Crippen molar-refractivity contribution < 1.29 is 14.6 Å². The molecule has 0 heterocycles. The van der Waals surface area contributed by atoms with Crippen LogP contribution in [0.4, 0.5) is 0 Å². The highest BCUT2D eigenvalue weighted by atomic mass is 16.5. The summed E-state index contributed by atoms with van der Waals surface area (Å²) in [4.78, 5) is 10.9. The topological polar surface area (TPSA) is 58.6 Å². The molecule has 14 heavy (non-hydrogen) atoms. The fourth-order valence-electron chi connectivity index (χ4n) is 1.95. The molecule has 0 bridgehead atoms. The Balaban J connectivity index is 2.47. The van der Waals surface area contributed by atoms with Gasteiger partial charge in [-0.1, -0.05) is 0 Å². The number of aliphatic hydroxyl groups excluding tert-OH is 1. The minimum Gasteiger partial charge on any atom is -0.388 e. The molecule has 0 aromatic carbocycles. The first-order valence-electron chi connectivity index (χ1n) is 5.22. The monoisotopic (exact) mass is 201 g/mol. The molecule has 3 atom stereocenters.